The molecule has 2 saturated carbocycles. The van der Waals surface area contributed by atoms with Crippen LogP contribution in [0.15, 0.2) is 18.2 Å². The first-order chi connectivity index (χ1) is 9.27. The van der Waals surface area contributed by atoms with Crippen LogP contribution in [0, 0.1) is 11.3 Å². The summed E-state index contributed by atoms with van der Waals surface area (Å²) in [5.74, 6) is 2.76. The summed E-state index contributed by atoms with van der Waals surface area (Å²) in [6.45, 7) is 2.04. The van der Waals surface area contributed by atoms with Crippen molar-refractivity contribution in [1.82, 2.24) is 5.32 Å². The van der Waals surface area contributed by atoms with Gasteiger partial charge in [0.2, 0.25) is 0 Å². The molecule has 0 radical (unpaired) electrons. The Hall–Kier alpha value is -1.22. The van der Waals surface area contributed by atoms with Gasteiger partial charge in [-0.1, -0.05) is 6.07 Å². The number of benzene rings is 1. The van der Waals surface area contributed by atoms with E-state index in [-0.39, 0.29) is 0 Å². The van der Waals surface area contributed by atoms with Gasteiger partial charge in [0.15, 0.2) is 0 Å². The molecule has 0 bridgehead atoms. The van der Waals surface area contributed by atoms with Gasteiger partial charge in [0.05, 0.1) is 14.2 Å². The lowest BCUT2D eigenvalue weighted by molar-refractivity contribution is 0.382. The molecule has 0 heterocycles. The van der Waals surface area contributed by atoms with E-state index in [1.54, 1.807) is 14.2 Å². The number of methoxy groups -OCH3 is 2. The van der Waals surface area contributed by atoms with Gasteiger partial charge in [0, 0.05) is 24.7 Å². The van der Waals surface area contributed by atoms with Crippen LogP contribution in [-0.4, -0.2) is 20.8 Å². The monoisotopic (exact) mass is 261 g/mol. The van der Waals surface area contributed by atoms with Crippen molar-refractivity contribution in [3.8, 4) is 11.5 Å². The summed E-state index contributed by atoms with van der Waals surface area (Å²) in [7, 11) is 3.39. The number of hydrogen-bond acceptors (Lipinski definition) is 3. The molecule has 3 rings (SSSR count). The van der Waals surface area contributed by atoms with Crippen molar-refractivity contribution in [1.29, 1.82) is 0 Å². The van der Waals surface area contributed by atoms with E-state index >= 15 is 0 Å². The molecule has 2 aliphatic rings. The van der Waals surface area contributed by atoms with Gasteiger partial charge in [0.25, 0.3) is 0 Å². The molecule has 1 aromatic rings. The molecule has 0 amide bonds. The summed E-state index contributed by atoms with van der Waals surface area (Å²) in [6.07, 6.45) is 5.75. The minimum Gasteiger partial charge on any atom is -0.497 e. The second-order valence-electron chi connectivity index (χ2n) is 5.92. The molecule has 0 atom stereocenters. The molecule has 19 heavy (non-hydrogen) atoms. The van der Waals surface area contributed by atoms with Crippen LogP contribution in [0.25, 0.3) is 0 Å². The summed E-state index contributed by atoms with van der Waals surface area (Å²) in [5.41, 5.74) is 1.86. The van der Waals surface area contributed by atoms with E-state index in [2.05, 4.69) is 11.4 Å². The average Bonchev–Trinajstić information content (AvgIpc) is 3.30. The maximum Gasteiger partial charge on any atom is 0.127 e. The summed E-state index contributed by atoms with van der Waals surface area (Å²) in [4.78, 5) is 0. The lowest BCUT2D eigenvalue weighted by Gasteiger charge is -2.16. The molecule has 0 saturated heterocycles. The van der Waals surface area contributed by atoms with Crippen molar-refractivity contribution in [3.63, 3.8) is 0 Å². The van der Waals surface area contributed by atoms with E-state index in [0.717, 1.165) is 30.5 Å². The normalized spacial score (nSPS) is 20.1. The van der Waals surface area contributed by atoms with Crippen LogP contribution in [0.2, 0.25) is 0 Å². The Morgan fingerprint density at radius 1 is 1.21 bits per heavy atom. The smallest absolute Gasteiger partial charge is 0.127 e. The van der Waals surface area contributed by atoms with Crippen molar-refractivity contribution >= 4 is 0 Å². The summed E-state index contributed by atoms with van der Waals surface area (Å²) < 4.78 is 10.6. The van der Waals surface area contributed by atoms with E-state index in [9.17, 15) is 0 Å². The summed E-state index contributed by atoms with van der Waals surface area (Å²) in [6, 6.07) is 6.03. The topological polar surface area (TPSA) is 30.5 Å². The Morgan fingerprint density at radius 3 is 2.58 bits per heavy atom. The highest BCUT2D eigenvalue weighted by atomic mass is 16.5. The lowest BCUT2D eigenvalue weighted by Crippen LogP contribution is -2.25. The number of rotatable bonds is 7. The minimum atomic E-state index is 0.652. The third kappa shape index (κ3) is 2.71. The predicted molar refractivity (Wildman–Crippen MR) is 75.6 cm³/mol. The Kier molecular flexibility index (Phi) is 3.40. The summed E-state index contributed by atoms with van der Waals surface area (Å²) in [5, 5.41) is 3.62. The largest absolute Gasteiger partial charge is 0.497 e. The second kappa shape index (κ2) is 5.04. The van der Waals surface area contributed by atoms with Crippen molar-refractivity contribution in [3.05, 3.63) is 23.8 Å². The average molecular weight is 261 g/mol. The Balaban J connectivity index is 1.57. The van der Waals surface area contributed by atoms with E-state index in [1.807, 2.05) is 12.1 Å². The third-order valence-corrected chi connectivity index (χ3v) is 4.62. The fourth-order valence-electron chi connectivity index (χ4n) is 3.03. The molecule has 2 fully saturated rings. The van der Waals surface area contributed by atoms with Crippen molar-refractivity contribution in [2.75, 3.05) is 20.8 Å². The van der Waals surface area contributed by atoms with Crippen LogP contribution in [0.1, 0.15) is 31.2 Å². The highest BCUT2D eigenvalue weighted by Gasteiger charge is 2.53. The first kappa shape index (κ1) is 12.8. The maximum atomic E-state index is 5.43. The van der Waals surface area contributed by atoms with Crippen LogP contribution >= 0.6 is 0 Å². The Morgan fingerprint density at radius 2 is 2.00 bits per heavy atom. The fraction of sp³-hybridized carbons (Fsp3) is 0.625. The first-order valence-electron chi connectivity index (χ1n) is 7.19. The second-order valence-corrected chi connectivity index (χ2v) is 5.92. The molecule has 2 aliphatic carbocycles. The van der Waals surface area contributed by atoms with Crippen LogP contribution in [0.3, 0.4) is 0 Å². The molecule has 3 nitrogen and oxygen atoms in total. The molecule has 0 spiro atoms. The zero-order valence-electron chi connectivity index (χ0n) is 11.9. The zero-order valence-corrected chi connectivity index (χ0v) is 11.9. The lowest BCUT2D eigenvalue weighted by atomic mass is 10.0. The minimum absolute atomic E-state index is 0.652. The van der Waals surface area contributed by atoms with Crippen molar-refractivity contribution < 1.29 is 9.47 Å². The maximum absolute atomic E-state index is 5.43. The van der Waals surface area contributed by atoms with Gasteiger partial charge >= 0.3 is 0 Å². The molecule has 3 heteroatoms. The number of ether oxygens (including phenoxy) is 2. The third-order valence-electron chi connectivity index (χ3n) is 4.62. The Bertz CT molecular complexity index is 450. The van der Waals surface area contributed by atoms with Crippen LogP contribution in [-0.2, 0) is 6.54 Å². The van der Waals surface area contributed by atoms with Crippen LogP contribution in [0.4, 0.5) is 0 Å². The highest BCUT2D eigenvalue weighted by Crippen LogP contribution is 2.60. The van der Waals surface area contributed by atoms with Crippen LogP contribution < -0.4 is 14.8 Å². The van der Waals surface area contributed by atoms with Crippen LogP contribution in [0.5, 0.6) is 11.5 Å². The van der Waals surface area contributed by atoms with Crippen molar-refractivity contribution in [2.24, 2.45) is 11.3 Å². The standard InChI is InChI=1S/C16H23NO2/c1-18-14-6-3-12(15(9-14)19-2)10-17-11-16(7-8-16)13-4-5-13/h3,6,9,13,17H,4-5,7-8,10-11H2,1-2H3. The highest BCUT2D eigenvalue weighted by molar-refractivity contribution is 5.40. The van der Waals surface area contributed by atoms with Gasteiger partial charge in [-0.15, -0.1) is 0 Å². The van der Waals surface area contributed by atoms with Gasteiger partial charge in [-0.3, -0.25) is 0 Å². The SMILES string of the molecule is COc1ccc(CNCC2(C3CC3)CC2)c(OC)c1. The molecular weight excluding hydrogens is 238 g/mol. The van der Waals surface area contributed by atoms with Gasteiger partial charge in [-0.05, 0) is 43.1 Å². The van der Waals surface area contributed by atoms with Gasteiger partial charge in [0.1, 0.15) is 11.5 Å². The molecule has 0 aliphatic heterocycles. The van der Waals surface area contributed by atoms with Crippen molar-refractivity contribution in [2.45, 2.75) is 32.2 Å². The first-order valence-corrected chi connectivity index (χ1v) is 7.19. The molecule has 1 aromatic carbocycles. The van der Waals surface area contributed by atoms with E-state index in [4.69, 9.17) is 9.47 Å². The fourth-order valence-corrected chi connectivity index (χ4v) is 3.03. The number of nitrogens with one attached hydrogen (secondary N) is 1. The Labute approximate surface area is 115 Å². The summed E-state index contributed by atoms with van der Waals surface area (Å²) >= 11 is 0. The van der Waals surface area contributed by atoms with Gasteiger partial charge < -0.3 is 14.8 Å². The number of hydrogen-bond donors (Lipinski definition) is 1. The van der Waals surface area contributed by atoms with Gasteiger partial charge in [-0.2, -0.15) is 0 Å². The zero-order chi connectivity index (χ0) is 13.3. The van der Waals surface area contributed by atoms with E-state index < -0.39 is 0 Å². The quantitative estimate of drug-likeness (QED) is 0.818. The van der Waals surface area contributed by atoms with E-state index in [0.29, 0.717) is 5.41 Å². The molecule has 0 unspecified atom stereocenters. The predicted octanol–water partition coefficient (Wildman–Crippen LogP) is 2.98. The molecule has 0 aromatic heterocycles. The molecular formula is C16H23NO2. The molecule has 104 valence electrons. The molecule has 1 N–H and O–H groups in total. The van der Waals surface area contributed by atoms with Gasteiger partial charge in [-0.25, -0.2) is 0 Å². The van der Waals surface area contributed by atoms with E-state index in [1.165, 1.54) is 31.2 Å².